The van der Waals surface area contributed by atoms with Gasteiger partial charge in [0.2, 0.25) is 0 Å². The predicted octanol–water partition coefficient (Wildman–Crippen LogP) is 3.98. The fourth-order valence-electron chi connectivity index (χ4n) is 3.62. The molecule has 0 heterocycles. The van der Waals surface area contributed by atoms with Gasteiger partial charge in [-0.1, -0.05) is 32.9 Å². The van der Waals surface area contributed by atoms with Crippen LogP contribution in [0, 0.1) is 22.7 Å². The van der Waals surface area contributed by atoms with Crippen LogP contribution in [0.15, 0.2) is 12.2 Å². The van der Waals surface area contributed by atoms with Gasteiger partial charge in [0, 0.05) is 5.41 Å². The molecule has 16 heavy (non-hydrogen) atoms. The smallest absolute Gasteiger partial charge is 0.125 e. The fourth-order valence-corrected chi connectivity index (χ4v) is 3.62. The maximum atomic E-state index is 11.2. The standard InChI is InChI=1S/C15H24O/c1-11-5-7-15(4,10-16)8-6-13-12(11)9-14(13,2)3/h10,12-13H,1,5-9H2,2-4H3/t12-,13-,15+/m1/s1. The maximum absolute atomic E-state index is 11.2. The molecule has 2 rings (SSSR count). The van der Waals surface area contributed by atoms with Crippen LogP contribution < -0.4 is 0 Å². The number of allylic oxidation sites excluding steroid dienone is 1. The Hall–Kier alpha value is -0.590. The first-order chi connectivity index (χ1) is 7.38. The quantitative estimate of drug-likeness (QED) is 0.482. The van der Waals surface area contributed by atoms with E-state index in [1.165, 1.54) is 24.7 Å². The van der Waals surface area contributed by atoms with Gasteiger partial charge in [-0.05, 0) is 49.4 Å². The van der Waals surface area contributed by atoms with E-state index < -0.39 is 0 Å². The molecule has 2 aliphatic rings. The molecule has 90 valence electrons. The Bertz CT molecular complexity index is 315. The van der Waals surface area contributed by atoms with E-state index in [1.54, 1.807) is 0 Å². The van der Waals surface area contributed by atoms with E-state index in [0.29, 0.717) is 5.41 Å². The molecule has 0 aliphatic heterocycles. The van der Waals surface area contributed by atoms with E-state index in [1.807, 2.05) is 0 Å². The van der Waals surface area contributed by atoms with Gasteiger partial charge in [-0.2, -0.15) is 0 Å². The maximum Gasteiger partial charge on any atom is 0.125 e. The van der Waals surface area contributed by atoms with Crippen LogP contribution >= 0.6 is 0 Å². The van der Waals surface area contributed by atoms with Crippen LogP contribution in [-0.2, 0) is 4.79 Å². The largest absolute Gasteiger partial charge is 0.303 e. The number of rotatable bonds is 1. The molecule has 2 aliphatic carbocycles. The van der Waals surface area contributed by atoms with E-state index in [2.05, 4.69) is 27.4 Å². The summed E-state index contributed by atoms with van der Waals surface area (Å²) in [6.07, 6.45) is 6.78. The Labute approximate surface area is 99.3 Å². The normalized spacial score (nSPS) is 42.6. The van der Waals surface area contributed by atoms with Crippen LogP contribution in [0.3, 0.4) is 0 Å². The summed E-state index contributed by atoms with van der Waals surface area (Å²) in [6, 6.07) is 0. The number of fused-ring (bicyclic) bond motifs is 1. The highest BCUT2D eigenvalue weighted by Crippen LogP contribution is 2.58. The molecule has 0 spiro atoms. The number of hydrogen-bond acceptors (Lipinski definition) is 1. The van der Waals surface area contributed by atoms with E-state index >= 15 is 0 Å². The van der Waals surface area contributed by atoms with Crippen molar-refractivity contribution in [3.05, 3.63) is 12.2 Å². The van der Waals surface area contributed by atoms with Crippen molar-refractivity contribution in [3.63, 3.8) is 0 Å². The highest BCUT2D eigenvalue weighted by Gasteiger charge is 2.49. The molecule has 1 nitrogen and oxygen atoms in total. The highest BCUT2D eigenvalue weighted by molar-refractivity contribution is 5.58. The van der Waals surface area contributed by atoms with Gasteiger partial charge >= 0.3 is 0 Å². The zero-order valence-corrected chi connectivity index (χ0v) is 10.9. The molecular formula is C15H24O. The zero-order valence-electron chi connectivity index (χ0n) is 10.9. The summed E-state index contributed by atoms with van der Waals surface area (Å²) in [6.45, 7) is 11.1. The van der Waals surface area contributed by atoms with Gasteiger partial charge in [0.1, 0.15) is 6.29 Å². The first-order valence-electron chi connectivity index (χ1n) is 6.52. The molecule has 0 radical (unpaired) electrons. The van der Waals surface area contributed by atoms with Crippen LogP contribution in [0.5, 0.6) is 0 Å². The molecule has 1 heteroatoms. The van der Waals surface area contributed by atoms with Gasteiger partial charge in [-0.15, -0.1) is 0 Å². The molecule has 0 bridgehead atoms. The first kappa shape index (κ1) is 11.9. The van der Waals surface area contributed by atoms with E-state index in [4.69, 9.17) is 0 Å². The van der Waals surface area contributed by atoms with Crippen LogP contribution in [-0.4, -0.2) is 6.29 Å². The zero-order chi connectivity index (χ0) is 12.0. The highest BCUT2D eigenvalue weighted by atomic mass is 16.1. The van der Waals surface area contributed by atoms with Crippen molar-refractivity contribution in [2.24, 2.45) is 22.7 Å². The Balaban J connectivity index is 2.13. The van der Waals surface area contributed by atoms with Crippen molar-refractivity contribution in [3.8, 4) is 0 Å². The molecule has 0 aromatic carbocycles. The van der Waals surface area contributed by atoms with Crippen molar-refractivity contribution in [1.29, 1.82) is 0 Å². The molecule has 3 atom stereocenters. The van der Waals surface area contributed by atoms with Crippen molar-refractivity contribution in [2.45, 2.75) is 52.9 Å². The van der Waals surface area contributed by atoms with Crippen molar-refractivity contribution in [1.82, 2.24) is 0 Å². The minimum atomic E-state index is -0.0976. The second-order valence-corrected chi connectivity index (χ2v) is 6.87. The third kappa shape index (κ3) is 1.85. The molecule has 0 N–H and O–H groups in total. The minimum absolute atomic E-state index is 0.0976. The number of hydrogen-bond donors (Lipinski definition) is 0. The van der Waals surface area contributed by atoms with Gasteiger partial charge in [-0.25, -0.2) is 0 Å². The molecule has 2 saturated carbocycles. The second kappa shape index (κ2) is 3.72. The van der Waals surface area contributed by atoms with Gasteiger partial charge in [0.15, 0.2) is 0 Å². The van der Waals surface area contributed by atoms with Crippen molar-refractivity contribution < 1.29 is 4.79 Å². The topological polar surface area (TPSA) is 17.1 Å². The number of carbonyl (C=O) groups excluding carboxylic acids is 1. The van der Waals surface area contributed by atoms with Crippen LogP contribution in [0.2, 0.25) is 0 Å². The average Bonchev–Trinajstić information content (AvgIpc) is 2.22. The van der Waals surface area contributed by atoms with Gasteiger partial charge in [0.05, 0.1) is 0 Å². The molecular weight excluding hydrogens is 196 g/mol. The summed E-state index contributed by atoms with van der Waals surface area (Å²) >= 11 is 0. The van der Waals surface area contributed by atoms with Crippen LogP contribution in [0.1, 0.15) is 52.9 Å². The molecule has 0 aromatic heterocycles. The second-order valence-electron chi connectivity index (χ2n) is 6.87. The van der Waals surface area contributed by atoms with Crippen LogP contribution in [0.25, 0.3) is 0 Å². The Morgan fingerprint density at radius 3 is 2.56 bits per heavy atom. The SMILES string of the molecule is C=C1CC[C@](C)(C=O)CC[C@@H]2[C@@H]1CC2(C)C. The van der Waals surface area contributed by atoms with E-state index in [9.17, 15) is 4.79 Å². The third-order valence-electron chi connectivity index (χ3n) is 5.09. The van der Waals surface area contributed by atoms with Crippen molar-refractivity contribution >= 4 is 6.29 Å². The molecule has 0 saturated heterocycles. The van der Waals surface area contributed by atoms with Crippen LogP contribution in [0.4, 0.5) is 0 Å². The lowest BCUT2D eigenvalue weighted by Crippen LogP contribution is -2.46. The summed E-state index contributed by atoms with van der Waals surface area (Å²) in [4.78, 5) is 11.2. The molecule has 0 aromatic rings. The third-order valence-corrected chi connectivity index (χ3v) is 5.09. The monoisotopic (exact) mass is 220 g/mol. The molecule has 0 unspecified atom stereocenters. The Kier molecular flexibility index (Phi) is 2.76. The Morgan fingerprint density at radius 1 is 1.31 bits per heavy atom. The van der Waals surface area contributed by atoms with Gasteiger partial charge < -0.3 is 4.79 Å². The summed E-state index contributed by atoms with van der Waals surface area (Å²) in [7, 11) is 0. The van der Waals surface area contributed by atoms with E-state index in [0.717, 1.165) is 31.1 Å². The van der Waals surface area contributed by atoms with E-state index in [-0.39, 0.29) is 5.41 Å². The van der Waals surface area contributed by atoms with Crippen molar-refractivity contribution in [2.75, 3.05) is 0 Å². The number of aldehydes is 1. The van der Waals surface area contributed by atoms with Gasteiger partial charge in [0.25, 0.3) is 0 Å². The Morgan fingerprint density at radius 2 is 2.00 bits per heavy atom. The lowest BCUT2D eigenvalue weighted by molar-refractivity contribution is -0.117. The summed E-state index contributed by atoms with van der Waals surface area (Å²) in [5.41, 5.74) is 1.77. The lowest BCUT2D eigenvalue weighted by atomic mass is 9.50. The summed E-state index contributed by atoms with van der Waals surface area (Å²) in [5, 5.41) is 0. The first-order valence-corrected chi connectivity index (χ1v) is 6.52. The predicted molar refractivity (Wildman–Crippen MR) is 67.2 cm³/mol. The summed E-state index contributed by atoms with van der Waals surface area (Å²) < 4.78 is 0. The molecule has 0 amide bonds. The van der Waals surface area contributed by atoms with Gasteiger partial charge in [-0.3, -0.25) is 0 Å². The summed E-state index contributed by atoms with van der Waals surface area (Å²) in [5.74, 6) is 1.51. The number of carbonyl (C=O) groups is 1. The average molecular weight is 220 g/mol. The fraction of sp³-hybridized carbons (Fsp3) is 0.800. The minimum Gasteiger partial charge on any atom is -0.303 e. The lowest BCUT2D eigenvalue weighted by Gasteiger charge is -2.54. The molecule has 2 fully saturated rings.